The highest BCUT2D eigenvalue weighted by Crippen LogP contribution is 2.37. The molecule has 0 aliphatic carbocycles. The monoisotopic (exact) mass is 359 g/mol. The van der Waals surface area contributed by atoms with Crippen molar-refractivity contribution in [3.05, 3.63) is 39.1 Å². The third-order valence-electron chi connectivity index (χ3n) is 4.12. The Balaban J connectivity index is 1.89. The molecule has 0 atom stereocenters. The van der Waals surface area contributed by atoms with Crippen molar-refractivity contribution in [2.45, 2.75) is 40.0 Å². The Bertz CT molecular complexity index is 825. The standard InChI is InChI=1S/C19H21NO4S/c1-4-6-17-12(5-2)7-18(25-17)19(22)20-14-9-16-15(23-10-24-16)8-13(14)11(3)21/h7-9H,4-6,10H2,1-3H3,(H,20,22). The van der Waals surface area contributed by atoms with Gasteiger partial charge in [0.05, 0.1) is 10.6 Å². The molecule has 1 aromatic heterocycles. The van der Waals surface area contributed by atoms with Crippen LogP contribution >= 0.6 is 11.3 Å². The minimum absolute atomic E-state index is 0.120. The number of ketones is 1. The Morgan fingerprint density at radius 2 is 1.88 bits per heavy atom. The molecule has 1 amide bonds. The average molecular weight is 359 g/mol. The van der Waals surface area contributed by atoms with Crippen molar-refractivity contribution >= 4 is 28.7 Å². The first-order valence-electron chi connectivity index (χ1n) is 8.41. The quantitative estimate of drug-likeness (QED) is 0.774. The third-order valence-corrected chi connectivity index (χ3v) is 5.35. The Labute approximate surface area is 151 Å². The summed E-state index contributed by atoms with van der Waals surface area (Å²) in [5.41, 5.74) is 2.08. The summed E-state index contributed by atoms with van der Waals surface area (Å²) in [5, 5.41) is 2.86. The lowest BCUT2D eigenvalue weighted by Gasteiger charge is -2.10. The van der Waals surface area contributed by atoms with Gasteiger partial charge in [0, 0.05) is 16.5 Å². The Kier molecular flexibility index (Phi) is 5.08. The van der Waals surface area contributed by atoms with Gasteiger partial charge in [-0.2, -0.15) is 0 Å². The molecular formula is C19H21NO4S. The zero-order chi connectivity index (χ0) is 18.0. The summed E-state index contributed by atoms with van der Waals surface area (Å²) in [4.78, 5) is 26.5. The number of anilines is 1. The predicted molar refractivity (Wildman–Crippen MR) is 98.2 cm³/mol. The number of Topliss-reactive ketones (excluding diaryl/α,β-unsaturated/α-hetero) is 1. The van der Waals surface area contributed by atoms with Crippen LogP contribution in [0.3, 0.4) is 0 Å². The zero-order valence-corrected chi connectivity index (χ0v) is 15.4. The molecule has 1 N–H and O–H groups in total. The van der Waals surface area contributed by atoms with Crippen molar-refractivity contribution in [3.63, 3.8) is 0 Å². The lowest BCUT2D eigenvalue weighted by molar-refractivity contribution is 0.101. The summed E-state index contributed by atoms with van der Waals surface area (Å²) >= 11 is 1.52. The number of fused-ring (bicyclic) bond motifs is 1. The van der Waals surface area contributed by atoms with E-state index in [1.807, 2.05) is 6.07 Å². The topological polar surface area (TPSA) is 64.6 Å². The SMILES string of the molecule is CCCc1sc(C(=O)Nc2cc3c(cc2C(C)=O)OCO3)cc1CC. The highest BCUT2D eigenvalue weighted by atomic mass is 32.1. The van der Waals surface area contributed by atoms with Gasteiger partial charge in [0.1, 0.15) is 0 Å². The van der Waals surface area contributed by atoms with Crippen molar-refractivity contribution in [3.8, 4) is 11.5 Å². The molecule has 1 aliphatic rings. The lowest BCUT2D eigenvalue weighted by Crippen LogP contribution is -2.13. The van der Waals surface area contributed by atoms with Crippen molar-refractivity contribution in [1.82, 2.24) is 0 Å². The number of carbonyl (C=O) groups is 2. The average Bonchev–Trinajstić information content (AvgIpc) is 3.20. The van der Waals surface area contributed by atoms with Gasteiger partial charge in [0.15, 0.2) is 17.3 Å². The molecule has 25 heavy (non-hydrogen) atoms. The van der Waals surface area contributed by atoms with Gasteiger partial charge in [-0.1, -0.05) is 20.3 Å². The number of thiophene rings is 1. The maximum Gasteiger partial charge on any atom is 0.265 e. The lowest BCUT2D eigenvalue weighted by atomic mass is 10.1. The first kappa shape index (κ1) is 17.5. The number of nitrogens with one attached hydrogen (secondary N) is 1. The zero-order valence-electron chi connectivity index (χ0n) is 14.6. The number of rotatable bonds is 6. The van der Waals surface area contributed by atoms with Crippen LogP contribution in [0.15, 0.2) is 18.2 Å². The van der Waals surface area contributed by atoms with Crippen LogP contribution in [0.4, 0.5) is 5.69 Å². The van der Waals surface area contributed by atoms with E-state index in [9.17, 15) is 9.59 Å². The predicted octanol–water partition coefficient (Wildman–Crippen LogP) is 4.45. The molecule has 3 rings (SSSR count). The largest absolute Gasteiger partial charge is 0.454 e. The van der Waals surface area contributed by atoms with Crippen LogP contribution < -0.4 is 14.8 Å². The van der Waals surface area contributed by atoms with E-state index in [1.165, 1.54) is 28.7 Å². The van der Waals surface area contributed by atoms with Gasteiger partial charge >= 0.3 is 0 Å². The van der Waals surface area contributed by atoms with Gasteiger partial charge in [0.2, 0.25) is 6.79 Å². The van der Waals surface area contributed by atoms with Crippen LogP contribution in [0.2, 0.25) is 0 Å². The number of ether oxygens (including phenoxy) is 2. The number of amides is 1. The molecular weight excluding hydrogens is 338 g/mol. The summed E-state index contributed by atoms with van der Waals surface area (Å²) in [5.74, 6) is 0.717. The van der Waals surface area contributed by atoms with Crippen LogP contribution in [0.1, 0.15) is 57.7 Å². The second kappa shape index (κ2) is 7.27. The van der Waals surface area contributed by atoms with E-state index in [1.54, 1.807) is 12.1 Å². The highest BCUT2D eigenvalue weighted by Gasteiger charge is 2.21. The van der Waals surface area contributed by atoms with Gasteiger partial charge in [-0.05, 0) is 37.5 Å². The van der Waals surface area contributed by atoms with Crippen LogP contribution in [-0.4, -0.2) is 18.5 Å². The number of hydrogen-bond donors (Lipinski definition) is 1. The maximum atomic E-state index is 12.7. The van der Waals surface area contributed by atoms with Gasteiger partial charge < -0.3 is 14.8 Å². The van der Waals surface area contributed by atoms with E-state index in [2.05, 4.69) is 19.2 Å². The van der Waals surface area contributed by atoms with Crippen molar-refractivity contribution in [2.75, 3.05) is 12.1 Å². The molecule has 0 saturated heterocycles. The first-order valence-corrected chi connectivity index (χ1v) is 9.22. The normalized spacial score (nSPS) is 12.3. The minimum Gasteiger partial charge on any atom is -0.454 e. The Morgan fingerprint density at radius 1 is 1.16 bits per heavy atom. The molecule has 2 heterocycles. The molecule has 132 valence electrons. The summed E-state index contributed by atoms with van der Waals surface area (Å²) in [6.07, 6.45) is 2.93. The van der Waals surface area contributed by atoms with Crippen LogP contribution in [0.25, 0.3) is 0 Å². The molecule has 0 spiro atoms. The van der Waals surface area contributed by atoms with E-state index in [0.717, 1.165) is 19.3 Å². The number of aryl methyl sites for hydroxylation is 2. The van der Waals surface area contributed by atoms with Crippen molar-refractivity contribution in [2.24, 2.45) is 0 Å². The molecule has 0 radical (unpaired) electrons. The third kappa shape index (κ3) is 3.54. The molecule has 1 aromatic carbocycles. The minimum atomic E-state index is -0.205. The summed E-state index contributed by atoms with van der Waals surface area (Å²) in [6, 6.07) is 5.22. The van der Waals surface area contributed by atoms with E-state index < -0.39 is 0 Å². The molecule has 2 aromatic rings. The van der Waals surface area contributed by atoms with Crippen molar-refractivity contribution < 1.29 is 19.1 Å². The van der Waals surface area contributed by atoms with Crippen molar-refractivity contribution in [1.29, 1.82) is 0 Å². The van der Waals surface area contributed by atoms with Crippen LogP contribution in [0.5, 0.6) is 11.5 Å². The fourth-order valence-corrected chi connectivity index (χ4v) is 4.09. The highest BCUT2D eigenvalue weighted by molar-refractivity contribution is 7.14. The smallest absolute Gasteiger partial charge is 0.265 e. The maximum absolute atomic E-state index is 12.7. The summed E-state index contributed by atoms with van der Waals surface area (Å²) < 4.78 is 10.7. The molecule has 0 saturated carbocycles. The van der Waals surface area contributed by atoms with Gasteiger partial charge in [0.25, 0.3) is 5.91 Å². The Hall–Kier alpha value is -2.34. The molecule has 1 aliphatic heterocycles. The number of hydrogen-bond acceptors (Lipinski definition) is 5. The van der Waals surface area contributed by atoms with Crippen LogP contribution in [0, 0.1) is 0 Å². The summed E-state index contributed by atoms with van der Waals surface area (Å²) in [7, 11) is 0. The van der Waals surface area contributed by atoms with E-state index in [-0.39, 0.29) is 18.5 Å². The van der Waals surface area contributed by atoms with Crippen LogP contribution in [-0.2, 0) is 12.8 Å². The molecule has 5 nitrogen and oxygen atoms in total. The Morgan fingerprint density at radius 3 is 2.52 bits per heavy atom. The first-order chi connectivity index (χ1) is 12.0. The molecule has 6 heteroatoms. The van der Waals surface area contributed by atoms with E-state index in [0.29, 0.717) is 27.6 Å². The summed E-state index contributed by atoms with van der Waals surface area (Å²) in [6.45, 7) is 5.81. The number of benzene rings is 1. The number of carbonyl (C=O) groups excluding carboxylic acids is 2. The van der Waals surface area contributed by atoms with Gasteiger partial charge in [-0.3, -0.25) is 9.59 Å². The van der Waals surface area contributed by atoms with Gasteiger partial charge in [-0.15, -0.1) is 11.3 Å². The molecule has 0 fully saturated rings. The van der Waals surface area contributed by atoms with E-state index >= 15 is 0 Å². The molecule has 0 unspecified atom stereocenters. The fraction of sp³-hybridized carbons (Fsp3) is 0.368. The van der Waals surface area contributed by atoms with Gasteiger partial charge in [-0.25, -0.2) is 0 Å². The molecule has 0 bridgehead atoms. The second-order valence-electron chi connectivity index (χ2n) is 5.92. The fourth-order valence-electron chi connectivity index (χ4n) is 2.84. The van der Waals surface area contributed by atoms with E-state index in [4.69, 9.17) is 9.47 Å². The second-order valence-corrected chi connectivity index (χ2v) is 7.06.